The first kappa shape index (κ1) is 19.6. The number of nitrogens with zero attached hydrogens (tertiary/aromatic N) is 3. The molecule has 0 aliphatic carbocycles. The van der Waals surface area contributed by atoms with E-state index in [1.54, 1.807) is 0 Å². The summed E-state index contributed by atoms with van der Waals surface area (Å²) in [6.07, 6.45) is 2.16. The number of imidazole rings is 1. The highest BCUT2D eigenvalue weighted by Crippen LogP contribution is 2.21. The van der Waals surface area contributed by atoms with Gasteiger partial charge in [-0.2, -0.15) is 0 Å². The van der Waals surface area contributed by atoms with Gasteiger partial charge in [-0.3, -0.25) is 9.59 Å². The van der Waals surface area contributed by atoms with E-state index >= 15 is 0 Å². The molecule has 3 aromatic rings. The molecule has 2 amide bonds. The van der Waals surface area contributed by atoms with Crippen LogP contribution in [0, 0.1) is 0 Å². The third-order valence-corrected chi connectivity index (χ3v) is 4.65. The Balaban J connectivity index is 1.89. The van der Waals surface area contributed by atoms with Gasteiger partial charge >= 0.3 is 0 Å². The molecule has 1 N–H and O–H groups in total. The number of aryl methyl sites for hydroxylation is 1. The average Bonchev–Trinajstić information content (AvgIpc) is 3.03. The molecule has 146 valence electrons. The van der Waals surface area contributed by atoms with Gasteiger partial charge in [-0.1, -0.05) is 30.3 Å². The Labute approximate surface area is 165 Å². The second-order valence-corrected chi connectivity index (χ2v) is 6.97. The maximum absolute atomic E-state index is 13.2. The maximum atomic E-state index is 13.2. The van der Waals surface area contributed by atoms with Crippen LogP contribution in [-0.2, 0) is 22.6 Å². The van der Waals surface area contributed by atoms with Crippen LogP contribution < -0.4 is 10.2 Å². The topological polar surface area (TPSA) is 67.2 Å². The summed E-state index contributed by atoms with van der Waals surface area (Å²) in [7, 11) is 0. The van der Waals surface area contributed by atoms with Gasteiger partial charge in [0.05, 0.1) is 11.0 Å². The molecule has 0 saturated heterocycles. The van der Waals surface area contributed by atoms with E-state index in [1.165, 1.54) is 0 Å². The Hall–Kier alpha value is -3.15. The fourth-order valence-corrected chi connectivity index (χ4v) is 3.43. The minimum absolute atomic E-state index is 0.0246. The molecule has 0 spiro atoms. The third kappa shape index (κ3) is 4.39. The summed E-state index contributed by atoms with van der Waals surface area (Å²) in [5.74, 6) is 0.885. The molecule has 0 saturated carbocycles. The van der Waals surface area contributed by atoms with E-state index in [4.69, 9.17) is 4.98 Å². The van der Waals surface area contributed by atoms with E-state index in [9.17, 15) is 9.59 Å². The van der Waals surface area contributed by atoms with Crippen LogP contribution >= 0.6 is 0 Å². The fourth-order valence-electron chi connectivity index (χ4n) is 3.43. The zero-order chi connectivity index (χ0) is 19.9. The standard InChI is InChI=1S/C22H26N4O2/c1-17(2)26(18-9-4-3-5-10-18)22(28)15-25-20-12-7-6-11-19(20)24-21(25)13-8-14-23-16-27/h3-7,9-12,16-17H,8,13-15H2,1-2H3,(H,23,27). The lowest BCUT2D eigenvalue weighted by atomic mass is 10.2. The lowest BCUT2D eigenvalue weighted by molar-refractivity contribution is -0.119. The molecule has 0 unspecified atom stereocenters. The molecule has 1 aromatic heterocycles. The van der Waals surface area contributed by atoms with Crippen molar-refractivity contribution < 1.29 is 9.59 Å². The van der Waals surface area contributed by atoms with Gasteiger partial charge in [-0.25, -0.2) is 4.98 Å². The Morgan fingerprint density at radius 2 is 1.86 bits per heavy atom. The first-order valence-electron chi connectivity index (χ1n) is 9.60. The number of rotatable bonds is 9. The first-order chi connectivity index (χ1) is 13.6. The number of benzene rings is 2. The molecule has 1 heterocycles. The molecule has 2 aromatic carbocycles. The quantitative estimate of drug-likeness (QED) is 0.459. The number of hydrogen-bond donors (Lipinski definition) is 1. The van der Waals surface area contributed by atoms with Gasteiger partial charge in [0.25, 0.3) is 0 Å². The zero-order valence-electron chi connectivity index (χ0n) is 16.3. The third-order valence-electron chi connectivity index (χ3n) is 4.65. The zero-order valence-corrected chi connectivity index (χ0v) is 16.3. The number of aromatic nitrogens is 2. The molecule has 28 heavy (non-hydrogen) atoms. The van der Waals surface area contributed by atoms with Crippen LogP contribution in [0.3, 0.4) is 0 Å². The normalized spacial score (nSPS) is 11.0. The van der Waals surface area contributed by atoms with Crippen LogP contribution in [0.5, 0.6) is 0 Å². The van der Waals surface area contributed by atoms with Crippen molar-refractivity contribution in [1.29, 1.82) is 0 Å². The molecule has 0 fully saturated rings. The number of carbonyl (C=O) groups is 2. The van der Waals surface area contributed by atoms with Crippen molar-refractivity contribution in [2.45, 2.75) is 39.3 Å². The number of amides is 2. The first-order valence-corrected chi connectivity index (χ1v) is 9.60. The minimum Gasteiger partial charge on any atom is -0.359 e. The van der Waals surface area contributed by atoms with Crippen molar-refractivity contribution in [3.63, 3.8) is 0 Å². The van der Waals surface area contributed by atoms with Crippen LogP contribution in [0.15, 0.2) is 54.6 Å². The summed E-state index contributed by atoms with van der Waals surface area (Å²) < 4.78 is 2.00. The van der Waals surface area contributed by atoms with Gasteiger partial charge in [0.2, 0.25) is 12.3 Å². The summed E-state index contributed by atoms with van der Waals surface area (Å²) >= 11 is 0. The molecular weight excluding hydrogens is 352 g/mol. The van der Waals surface area contributed by atoms with Crippen LogP contribution in [0.25, 0.3) is 11.0 Å². The highest BCUT2D eigenvalue weighted by Gasteiger charge is 2.21. The van der Waals surface area contributed by atoms with Crippen LogP contribution in [0.1, 0.15) is 26.1 Å². The predicted molar refractivity (Wildman–Crippen MR) is 111 cm³/mol. The summed E-state index contributed by atoms with van der Waals surface area (Å²) in [5.41, 5.74) is 2.72. The van der Waals surface area contributed by atoms with Crippen molar-refractivity contribution >= 4 is 29.0 Å². The monoisotopic (exact) mass is 378 g/mol. The maximum Gasteiger partial charge on any atom is 0.247 e. The smallest absolute Gasteiger partial charge is 0.247 e. The van der Waals surface area contributed by atoms with Gasteiger partial charge in [0, 0.05) is 24.7 Å². The van der Waals surface area contributed by atoms with E-state index in [0.717, 1.165) is 29.0 Å². The Morgan fingerprint density at radius 3 is 2.57 bits per heavy atom. The molecule has 6 heteroatoms. The Bertz CT molecular complexity index is 934. The summed E-state index contributed by atoms with van der Waals surface area (Å²) in [6, 6.07) is 17.6. The lowest BCUT2D eigenvalue weighted by Crippen LogP contribution is -2.39. The van der Waals surface area contributed by atoms with Gasteiger partial charge in [-0.15, -0.1) is 0 Å². The van der Waals surface area contributed by atoms with Crippen molar-refractivity contribution in [2.75, 3.05) is 11.4 Å². The van der Waals surface area contributed by atoms with Crippen molar-refractivity contribution in [1.82, 2.24) is 14.9 Å². The van der Waals surface area contributed by atoms with E-state index in [2.05, 4.69) is 5.32 Å². The van der Waals surface area contributed by atoms with Crippen LogP contribution in [0.2, 0.25) is 0 Å². The highest BCUT2D eigenvalue weighted by molar-refractivity contribution is 5.94. The van der Waals surface area contributed by atoms with Crippen molar-refractivity contribution in [2.24, 2.45) is 0 Å². The summed E-state index contributed by atoms with van der Waals surface area (Å²) in [6.45, 7) is 4.85. The minimum atomic E-state index is 0.0246. The van der Waals surface area contributed by atoms with E-state index in [0.29, 0.717) is 19.4 Å². The molecule has 6 nitrogen and oxygen atoms in total. The molecular formula is C22H26N4O2. The molecule has 3 rings (SSSR count). The van der Waals surface area contributed by atoms with Gasteiger partial charge in [0.1, 0.15) is 12.4 Å². The number of fused-ring (bicyclic) bond motifs is 1. The molecule has 0 atom stereocenters. The van der Waals surface area contributed by atoms with Crippen molar-refractivity contribution in [3.05, 3.63) is 60.4 Å². The Kier molecular flexibility index (Phi) is 6.42. The SMILES string of the molecule is CC(C)N(C(=O)Cn1c(CCCNC=O)nc2ccccc21)c1ccccc1. The second-order valence-electron chi connectivity index (χ2n) is 6.97. The van der Waals surface area contributed by atoms with Crippen molar-refractivity contribution in [3.8, 4) is 0 Å². The number of anilines is 1. The largest absolute Gasteiger partial charge is 0.359 e. The van der Waals surface area contributed by atoms with Gasteiger partial charge in [0.15, 0.2) is 0 Å². The van der Waals surface area contributed by atoms with Crippen LogP contribution in [-0.4, -0.2) is 34.5 Å². The van der Waals surface area contributed by atoms with Gasteiger partial charge in [-0.05, 0) is 44.5 Å². The number of nitrogens with one attached hydrogen (secondary N) is 1. The van der Waals surface area contributed by atoms with E-state index in [-0.39, 0.29) is 18.5 Å². The molecule has 0 aliphatic heterocycles. The molecule has 0 radical (unpaired) electrons. The number of carbonyl (C=O) groups excluding carboxylic acids is 2. The fraction of sp³-hybridized carbons (Fsp3) is 0.318. The predicted octanol–water partition coefficient (Wildman–Crippen LogP) is 3.16. The van der Waals surface area contributed by atoms with E-state index in [1.807, 2.05) is 77.9 Å². The number of para-hydroxylation sites is 3. The summed E-state index contributed by atoms with van der Waals surface area (Å²) in [4.78, 5) is 30.2. The van der Waals surface area contributed by atoms with Crippen LogP contribution in [0.4, 0.5) is 5.69 Å². The second kappa shape index (κ2) is 9.17. The lowest BCUT2D eigenvalue weighted by Gasteiger charge is -2.27. The molecule has 0 aliphatic rings. The van der Waals surface area contributed by atoms with Gasteiger partial charge < -0.3 is 14.8 Å². The molecule has 0 bridgehead atoms. The highest BCUT2D eigenvalue weighted by atomic mass is 16.2. The Morgan fingerprint density at radius 1 is 1.14 bits per heavy atom. The van der Waals surface area contributed by atoms with E-state index < -0.39 is 0 Å². The average molecular weight is 378 g/mol. The number of hydrogen-bond acceptors (Lipinski definition) is 3. The summed E-state index contributed by atoms with van der Waals surface area (Å²) in [5, 5.41) is 2.67.